The normalized spacial score (nSPS) is 17.3. The van der Waals surface area contributed by atoms with Gasteiger partial charge in [-0.1, -0.05) is 23.7 Å². The van der Waals surface area contributed by atoms with Gasteiger partial charge in [0.25, 0.3) is 5.91 Å². The van der Waals surface area contributed by atoms with Gasteiger partial charge in [-0.25, -0.2) is 4.39 Å². The minimum Gasteiger partial charge on any atom is -0.376 e. The molecule has 2 heterocycles. The largest absolute Gasteiger partial charge is 0.376 e. The molecule has 2 aliphatic rings. The van der Waals surface area contributed by atoms with Crippen molar-refractivity contribution in [2.75, 3.05) is 32.0 Å². The van der Waals surface area contributed by atoms with Crippen LogP contribution in [0.1, 0.15) is 29.9 Å². The Bertz CT molecular complexity index is 1020. The lowest BCUT2D eigenvalue weighted by Crippen LogP contribution is -2.40. The molecule has 1 N–H and O–H groups in total. The number of rotatable bonds is 4. The molecule has 0 radical (unpaired) electrons. The number of piperidine rings is 1. The SMILES string of the molecule is Cc1cc(Cl)ccc1NC1=CCN(C)C=C1C(=O)N1CCC(c2ccc(F)cc2)CC1. The van der Waals surface area contributed by atoms with E-state index in [4.69, 9.17) is 11.6 Å². The number of benzene rings is 2. The highest BCUT2D eigenvalue weighted by molar-refractivity contribution is 6.30. The van der Waals surface area contributed by atoms with E-state index in [2.05, 4.69) is 5.32 Å². The minimum absolute atomic E-state index is 0.0365. The highest BCUT2D eigenvalue weighted by Crippen LogP contribution is 2.30. The number of carbonyl (C=O) groups is 1. The predicted octanol–water partition coefficient (Wildman–Crippen LogP) is 5.32. The van der Waals surface area contributed by atoms with Crippen LogP contribution in [0.2, 0.25) is 5.02 Å². The summed E-state index contributed by atoms with van der Waals surface area (Å²) in [4.78, 5) is 17.3. The molecule has 162 valence electrons. The summed E-state index contributed by atoms with van der Waals surface area (Å²) in [5, 5.41) is 4.12. The molecule has 0 atom stereocenters. The summed E-state index contributed by atoms with van der Waals surface area (Å²) in [6.45, 7) is 4.11. The van der Waals surface area contributed by atoms with Crippen molar-refractivity contribution >= 4 is 23.2 Å². The molecule has 2 aliphatic heterocycles. The summed E-state index contributed by atoms with van der Waals surface area (Å²) in [5.74, 6) is 0.180. The summed E-state index contributed by atoms with van der Waals surface area (Å²) in [7, 11) is 1.97. The molecule has 0 aliphatic carbocycles. The Labute approximate surface area is 188 Å². The van der Waals surface area contributed by atoms with Crippen molar-refractivity contribution in [3.8, 4) is 0 Å². The van der Waals surface area contributed by atoms with Gasteiger partial charge in [-0.05, 0) is 73.2 Å². The van der Waals surface area contributed by atoms with Gasteiger partial charge in [-0.2, -0.15) is 0 Å². The van der Waals surface area contributed by atoms with Crippen molar-refractivity contribution in [2.24, 2.45) is 0 Å². The van der Waals surface area contributed by atoms with Crippen LogP contribution >= 0.6 is 11.6 Å². The van der Waals surface area contributed by atoms with Crippen LogP contribution in [0.4, 0.5) is 10.1 Å². The number of hydrogen-bond acceptors (Lipinski definition) is 3. The van der Waals surface area contributed by atoms with Crippen LogP contribution < -0.4 is 5.32 Å². The number of nitrogens with one attached hydrogen (secondary N) is 1. The summed E-state index contributed by atoms with van der Waals surface area (Å²) in [6, 6.07) is 12.4. The van der Waals surface area contributed by atoms with Crippen LogP contribution in [0.25, 0.3) is 0 Å². The van der Waals surface area contributed by atoms with Crippen molar-refractivity contribution in [1.29, 1.82) is 0 Å². The number of aryl methyl sites for hydroxylation is 1. The van der Waals surface area contributed by atoms with Gasteiger partial charge in [-0.3, -0.25) is 4.79 Å². The fourth-order valence-electron chi connectivity index (χ4n) is 4.21. The molecule has 1 amide bonds. The molecule has 1 saturated heterocycles. The van der Waals surface area contributed by atoms with Crippen molar-refractivity contribution in [3.63, 3.8) is 0 Å². The van der Waals surface area contributed by atoms with E-state index in [1.165, 1.54) is 12.1 Å². The lowest BCUT2D eigenvalue weighted by atomic mass is 9.89. The van der Waals surface area contributed by atoms with Crippen LogP contribution in [0.5, 0.6) is 0 Å². The minimum atomic E-state index is -0.215. The molecular weight excluding hydrogens is 413 g/mol. The first-order valence-corrected chi connectivity index (χ1v) is 11.0. The second kappa shape index (κ2) is 9.15. The zero-order chi connectivity index (χ0) is 22.0. The molecule has 4 rings (SSSR count). The Morgan fingerprint density at radius 1 is 1.13 bits per heavy atom. The van der Waals surface area contributed by atoms with Gasteiger partial charge in [0.15, 0.2) is 0 Å². The van der Waals surface area contributed by atoms with Crippen molar-refractivity contribution in [2.45, 2.75) is 25.7 Å². The standard InChI is InChI=1S/C25H27ClFN3O/c1-17-15-20(26)5-8-23(17)28-24-11-12-29(2)16-22(24)25(31)30-13-9-19(10-14-30)18-3-6-21(27)7-4-18/h3-8,11,15-16,19,28H,9-10,12-14H2,1-2H3. The molecule has 0 saturated carbocycles. The Balaban J connectivity index is 1.46. The number of hydrogen-bond donors (Lipinski definition) is 1. The lowest BCUT2D eigenvalue weighted by molar-refractivity contribution is -0.128. The van der Waals surface area contributed by atoms with Crippen LogP contribution in [-0.4, -0.2) is 42.4 Å². The van der Waals surface area contributed by atoms with E-state index < -0.39 is 0 Å². The van der Waals surface area contributed by atoms with E-state index in [1.807, 2.05) is 66.4 Å². The molecule has 0 aromatic heterocycles. The zero-order valence-corrected chi connectivity index (χ0v) is 18.6. The second-order valence-electron chi connectivity index (χ2n) is 8.30. The summed E-state index contributed by atoms with van der Waals surface area (Å²) >= 11 is 6.08. The summed E-state index contributed by atoms with van der Waals surface area (Å²) in [5.41, 5.74) is 4.61. The van der Waals surface area contributed by atoms with Gasteiger partial charge in [-0.15, -0.1) is 0 Å². The predicted molar refractivity (Wildman–Crippen MR) is 124 cm³/mol. The third-order valence-electron chi connectivity index (χ3n) is 6.03. The Hall–Kier alpha value is -2.79. The van der Waals surface area contributed by atoms with Crippen molar-refractivity contribution in [3.05, 3.63) is 88.0 Å². The average molecular weight is 440 g/mol. The van der Waals surface area contributed by atoms with E-state index in [-0.39, 0.29) is 11.7 Å². The third-order valence-corrected chi connectivity index (χ3v) is 6.27. The molecule has 0 spiro atoms. The molecular formula is C25H27ClFN3O. The highest BCUT2D eigenvalue weighted by Gasteiger charge is 2.28. The highest BCUT2D eigenvalue weighted by atomic mass is 35.5. The smallest absolute Gasteiger partial charge is 0.257 e. The van der Waals surface area contributed by atoms with E-state index >= 15 is 0 Å². The Morgan fingerprint density at radius 3 is 2.52 bits per heavy atom. The monoisotopic (exact) mass is 439 g/mol. The van der Waals surface area contributed by atoms with Gasteiger partial charge in [0.2, 0.25) is 0 Å². The van der Waals surface area contributed by atoms with E-state index in [1.54, 1.807) is 0 Å². The third kappa shape index (κ3) is 4.93. The second-order valence-corrected chi connectivity index (χ2v) is 8.74. The number of carbonyl (C=O) groups excluding carboxylic acids is 1. The first-order chi connectivity index (χ1) is 14.9. The van der Waals surface area contributed by atoms with Crippen LogP contribution in [0, 0.1) is 12.7 Å². The number of likely N-dealkylation sites (N-methyl/N-ethyl adjacent to an activating group) is 1. The maximum atomic E-state index is 13.4. The number of anilines is 1. The fraction of sp³-hybridized carbons (Fsp3) is 0.320. The fourth-order valence-corrected chi connectivity index (χ4v) is 4.44. The number of amides is 1. The first kappa shape index (κ1) is 21.4. The number of likely N-dealkylation sites (tertiary alicyclic amines) is 1. The van der Waals surface area contributed by atoms with E-state index in [0.717, 1.165) is 41.9 Å². The van der Waals surface area contributed by atoms with Crippen LogP contribution in [0.3, 0.4) is 0 Å². The average Bonchev–Trinajstić information content (AvgIpc) is 2.77. The van der Waals surface area contributed by atoms with Crippen LogP contribution in [0.15, 0.2) is 66.0 Å². The molecule has 31 heavy (non-hydrogen) atoms. The van der Waals surface area contributed by atoms with Crippen molar-refractivity contribution in [1.82, 2.24) is 9.80 Å². The molecule has 4 nitrogen and oxygen atoms in total. The molecule has 0 unspecified atom stereocenters. The maximum absolute atomic E-state index is 13.4. The number of nitrogens with zero attached hydrogens (tertiary/aromatic N) is 2. The quantitative estimate of drug-likeness (QED) is 0.700. The molecule has 2 aromatic carbocycles. The zero-order valence-electron chi connectivity index (χ0n) is 17.9. The lowest BCUT2D eigenvalue weighted by Gasteiger charge is -2.34. The summed E-state index contributed by atoms with van der Waals surface area (Å²) < 4.78 is 13.2. The topological polar surface area (TPSA) is 35.6 Å². The van der Waals surface area contributed by atoms with Crippen LogP contribution in [-0.2, 0) is 4.79 Å². The Kier molecular flexibility index (Phi) is 6.33. The molecule has 6 heteroatoms. The maximum Gasteiger partial charge on any atom is 0.257 e. The van der Waals surface area contributed by atoms with E-state index in [9.17, 15) is 9.18 Å². The van der Waals surface area contributed by atoms with Gasteiger partial charge in [0.1, 0.15) is 5.82 Å². The first-order valence-electron chi connectivity index (χ1n) is 10.6. The van der Waals surface area contributed by atoms with E-state index in [0.29, 0.717) is 29.6 Å². The van der Waals surface area contributed by atoms with Gasteiger partial charge in [0.05, 0.1) is 11.3 Å². The summed E-state index contributed by atoms with van der Waals surface area (Å²) in [6.07, 6.45) is 5.72. The molecule has 0 bridgehead atoms. The molecule has 2 aromatic rings. The number of halogens is 2. The van der Waals surface area contributed by atoms with Gasteiger partial charge >= 0.3 is 0 Å². The Morgan fingerprint density at radius 2 is 1.84 bits per heavy atom. The van der Waals surface area contributed by atoms with Crippen molar-refractivity contribution < 1.29 is 9.18 Å². The molecule has 1 fully saturated rings. The van der Waals surface area contributed by atoms with Gasteiger partial charge < -0.3 is 15.1 Å². The van der Waals surface area contributed by atoms with Gasteiger partial charge in [0, 0.05) is 43.6 Å².